The third kappa shape index (κ3) is 2.93. The van der Waals surface area contributed by atoms with E-state index in [0.29, 0.717) is 0 Å². The minimum Gasteiger partial charge on any atom is -0.392 e. The Labute approximate surface area is 113 Å². The summed E-state index contributed by atoms with van der Waals surface area (Å²) in [6, 6.07) is 12.4. The molecule has 2 nitrogen and oxygen atoms in total. The first-order valence-electron chi connectivity index (χ1n) is 6.39. The van der Waals surface area contributed by atoms with Crippen molar-refractivity contribution < 1.29 is 9.50 Å². The molecule has 0 saturated heterocycles. The SMILES string of the molecule is CCN(c1cccc(F)c1)c1ccc(CO)cc1C. The van der Waals surface area contributed by atoms with Crippen molar-refractivity contribution in [3.8, 4) is 0 Å². The number of benzene rings is 2. The number of anilines is 2. The molecule has 0 spiro atoms. The van der Waals surface area contributed by atoms with Crippen molar-refractivity contribution in [2.45, 2.75) is 20.5 Å². The Morgan fingerprint density at radius 3 is 2.53 bits per heavy atom. The number of aliphatic hydroxyl groups excluding tert-OH is 1. The van der Waals surface area contributed by atoms with Gasteiger partial charge in [-0.1, -0.05) is 18.2 Å². The summed E-state index contributed by atoms with van der Waals surface area (Å²) in [6.45, 7) is 4.82. The van der Waals surface area contributed by atoms with Gasteiger partial charge in [-0.3, -0.25) is 0 Å². The molecule has 2 rings (SSSR count). The molecular formula is C16H18FNO. The lowest BCUT2D eigenvalue weighted by molar-refractivity contribution is 0.282. The van der Waals surface area contributed by atoms with Crippen molar-refractivity contribution in [1.82, 2.24) is 0 Å². The average molecular weight is 259 g/mol. The van der Waals surface area contributed by atoms with E-state index < -0.39 is 0 Å². The molecule has 0 fully saturated rings. The molecule has 0 atom stereocenters. The van der Waals surface area contributed by atoms with Crippen LogP contribution in [0.2, 0.25) is 0 Å². The maximum absolute atomic E-state index is 13.3. The van der Waals surface area contributed by atoms with Gasteiger partial charge in [0.15, 0.2) is 0 Å². The highest BCUT2D eigenvalue weighted by Gasteiger charge is 2.10. The number of rotatable bonds is 4. The maximum atomic E-state index is 13.3. The quantitative estimate of drug-likeness (QED) is 0.903. The van der Waals surface area contributed by atoms with Crippen LogP contribution >= 0.6 is 0 Å². The van der Waals surface area contributed by atoms with Crippen LogP contribution in [0.15, 0.2) is 42.5 Å². The number of hydrogen-bond donors (Lipinski definition) is 1. The highest BCUT2D eigenvalue weighted by molar-refractivity contribution is 5.66. The molecule has 100 valence electrons. The topological polar surface area (TPSA) is 23.5 Å². The van der Waals surface area contributed by atoms with Gasteiger partial charge in [0.1, 0.15) is 5.82 Å². The molecule has 0 bridgehead atoms. The van der Waals surface area contributed by atoms with Crippen molar-refractivity contribution in [3.05, 3.63) is 59.4 Å². The van der Waals surface area contributed by atoms with Crippen LogP contribution < -0.4 is 4.90 Å². The standard InChI is InChI=1S/C16H18FNO/c1-3-18(15-6-4-5-14(17)10-15)16-8-7-13(11-19)9-12(16)2/h4-10,19H,3,11H2,1-2H3. The Hall–Kier alpha value is -1.87. The highest BCUT2D eigenvalue weighted by Crippen LogP contribution is 2.29. The Morgan fingerprint density at radius 2 is 1.95 bits per heavy atom. The van der Waals surface area contributed by atoms with Gasteiger partial charge in [0.25, 0.3) is 0 Å². The molecule has 0 saturated carbocycles. The molecule has 2 aromatic carbocycles. The first kappa shape index (κ1) is 13.6. The number of halogens is 1. The second-order valence-corrected chi connectivity index (χ2v) is 4.50. The molecule has 0 radical (unpaired) electrons. The number of aryl methyl sites for hydroxylation is 1. The lowest BCUT2D eigenvalue weighted by atomic mass is 10.1. The number of nitrogens with zero attached hydrogens (tertiary/aromatic N) is 1. The number of aliphatic hydroxyl groups is 1. The molecule has 0 heterocycles. The van der Waals surface area contributed by atoms with E-state index in [9.17, 15) is 4.39 Å². The van der Waals surface area contributed by atoms with Gasteiger partial charge in [-0.25, -0.2) is 4.39 Å². The van der Waals surface area contributed by atoms with E-state index in [2.05, 4.69) is 4.90 Å². The van der Waals surface area contributed by atoms with Crippen LogP contribution in [-0.2, 0) is 6.61 Å². The van der Waals surface area contributed by atoms with Gasteiger partial charge in [-0.2, -0.15) is 0 Å². The van der Waals surface area contributed by atoms with E-state index in [1.807, 2.05) is 38.1 Å². The van der Waals surface area contributed by atoms with Gasteiger partial charge in [-0.05, 0) is 49.2 Å². The monoisotopic (exact) mass is 259 g/mol. The second kappa shape index (κ2) is 5.85. The summed E-state index contributed by atoms with van der Waals surface area (Å²) in [6.07, 6.45) is 0. The van der Waals surface area contributed by atoms with Crippen LogP contribution in [0.25, 0.3) is 0 Å². The summed E-state index contributed by atoms with van der Waals surface area (Å²) >= 11 is 0. The van der Waals surface area contributed by atoms with Crippen LogP contribution in [0.5, 0.6) is 0 Å². The third-order valence-corrected chi connectivity index (χ3v) is 3.17. The third-order valence-electron chi connectivity index (χ3n) is 3.17. The zero-order valence-electron chi connectivity index (χ0n) is 11.2. The normalized spacial score (nSPS) is 10.5. The van der Waals surface area contributed by atoms with E-state index in [4.69, 9.17) is 5.11 Å². The average Bonchev–Trinajstić information content (AvgIpc) is 2.41. The molecule has 0 aliphatic rings. The van der Waals surface area contributed by atoms with Gasteiger partial charge in [-0.15, -0.1) is 0 Å². The minimum atomic E-state index is -0.236. The summed E-state index contributed by atoms with van der Waals surface area (Å²) in [5, 5.41) is 9.14. The first-order valence-corrected chi connectivity index (χ1v) is 6.39. The molecule has 2 aromatic rings. The van der Waals surface area contributed by atoms with E-state index in [1.165, 1.54) is 12.1 Å². The summed E-state index contributed by atoms with van der Waals surface area (Å²) in [4.78, 5) is 2.06. The van der Waals surface area contributed by atoms with Crippen LogP contribution in [0.3, 0.4) is 0 Å². The van der Waals surface area contributed by atoms with Crippen LogP contribution in [0, 0.1) is 12.7 Å². The fourth-order valence-corrected chi connectivity index (χ4v) is 2.25. The Balaban J connectivity index is 2.42. The molecule has 0 aromatic heterocycles. The summed E-state index contributed by atoms with van der Waals surface area (Å²) < 4.78 is 13.3. The van der Waals surface area contributed by atoms with Gasteiger partial charge < -0.3 is 10.0 Å². The molecule has 19 heavy (non-hydrogen) atoms. The predicted octanol–water partition coefficient (Wildman–Crippen LogP) is 3.78. The maximum Gasteiger partial charge on any atom is 0.125 e. The fraction of sp³-hybridized carbons (Fsp3) is 0.250. The van der Waals surface area contributed by atoms with Crippen LogP contribution in [0.1, 0.15) is 18.1 Å². The van der Waals surface area contributed by atoms with Crippen LogP contribution in [0.4, 0.5) is 15.8 Å². The Kier molecular flexibility index (Phi) is 4.17. The van der Waals surface area contributed by atoms with Gasteiger partial charge in [0.05, 0.1) is 6.61 Å². The van der Waals surface area contributed by atoms with E-state index in [0.717, 1.165) is 29.0 Å². The van der Waals surface area contributed by atoms with Crippen molar-refractivity contribution in [1.29, 1.82) is 0 Å². The van der Waals surface area contributed by atoms with Gasteiger partial charge >= 0.3 is 0 Å². The second-order valence-electron chi connectivity index (χ2n) is 4.50. The zero-order valence-corrected chi connectivity index (χ0v) is 11.2. The molecule has 3 heteroatoms. The van der Waals surface area contributed by atoms with Crippen molar-refractivity contribution in [2.24, 2.45) is 0 Å². The minimum absolute atomic E-state index is 0.0349. The van der Waals surface area contributed by atoms with Crippen LogP contribution in [-0.4, -0.2) is 11.7 Å². The van der Waals surface area contributed by atoms with Crippen molar-refractivity contribution >= 4 is 11.4 Å². The first-order chi connectivity index (χ1) is 9.15. The molecule has 0 aliphatic carbocycles. The van der Waals surface area contributed by atoms with E-state index in [1.54, 1.807) is 6.07 Å². The van der Waals surface area contributed by atoms with Gasteiger partial charge in [0.2, 0.25) is 0 Å². The predicted molar refractivity (Wildman–Crippen MR) is 76.2 cm³/mol. The molecule has 1 N–H and O–H groups in total. The van der Waals surface area contributed by atoms with E-state index in [-0.39, 0.29) is 12.4 Å². The number of hydrogen-bond acceptors (Lipinski definition) is 2. The molecule has 0 amide bonds. The summed E-state index contributed by atoms with van der Waals surface area (Å²) in [5.74, 6) is -0.236. The molecular weight excluding hydrogens is 241 g/mol. The Bertz CT molecular complexity index is 568. The lowest BCUT2D eigenvalue weighted by Crippen LogP contribution is -2.17. The van der Waals surface area contributed by atoms with Gasteiger partial charge in [0, 0.05) is 17.9 Å². The van der Waals surface area contributed by atoms with Crippen molar-refractivity contribution in [2.75, 3.05) is 11.4 Å². The smallest absolute Gasteiger partial charge is 0.125 e. The Morgan fingerprint density at radius 1 is 1.16 bits per heavy atom. The fourth-order valence-electron chi connectivity index (χ4n) is 2.25. The molecule has 0 unspecified atom stereocenters. The summed E-state index contributed by atoms with van der Waals surface area (Å²) in [7, 11) is 0. The van der Waals surface area contributed by atoms with E-state index >= 15 is 0 Å². The largest absolute Gasteiger partial charge is 0.392 e. The van der Waals surface area contributed by atoms with Crippen molar-refractivity contribution in [3.63, 3.8) is 0 Å². The zero-order chi connectivity index (χ0) is 13.8. The summed E-state index contributed by atoms with van der Waals surface area (Å²) in [5.41, 5.74) is 3.82. The highest BCUT2D eigenvalue weighted by atomic mass is 19.1. The lowest BCUT2D eigenvalue weighted by Gasteiger charge is -2.25. The molecule has 0 aliphatic heterocycles.